The standard InChI is InChI=1S/C22H20N4O/c1-15-9-11-19(12-10-15)24-22(27)18(14-23)13-21-16(2)25-26(17(21)3)20-7-5-4-6-8-20/h4-13H,1-3H3,(H,24,27)/b18-13-. The van der Waals surface area contributed by atoms with Crippen molar-refractivity contribution in [2.24, 2.45) is 0 Å². The minimum atomic E-state index is -0.437. The zero-order chi connectivity index (χ0) is 19.4. The van der Waals surface area contributed by atoms with E-state index in [9.17, 15) is 10.1 Å². The van der Waals surface area contributed by atoms with Gasteiger partial charge in [-0.05, 0) is 51.1 Å². The van der Waals surface area contributed by atoms with Gasteiger partial charge in [0, 0.05) is 16.9 Å². The normalized spacial score (nSPS) is 11.1. The van der Waals surface area contributed by atoms with Crippen LogP contribution >= 0.6 is 0 Å². The first-order chi connectivity index (χ1) is 13.0. The molecule has 0 unspecified atom stereocenters. The van der Waals surface area contributed by atoms with Crippen LogP contribution in [0.4, 0.5) is 5.69 Å². The average Bonchev–Trinajstić information content (AvgIpc) is 2.96. The molecule has 0 aliphatic heterocycles. The molecule has 134 valence electrons. The molecule has 3 aromatic rings. The maximum absolute atomic E-state index is 12.5. The third-order valence-electron chi connectivity index (χ3n) is 4.31. The highest BCUT2D eigenvalue weighted by molar-refractivity contribution is 6.09. The van der Waals surface area contributed by atoms with E-state index in [4.69, 9.17) is 0 Å². The molecule has 0 bridgehead atoms. The van der Waals surface area contributed by atoms with Crippen molar-refractivity contribution in [3.8, 4) is 11.8 Å². The molecular weight excluding hydrogens is 336 g/mol. The predicted molar refractivity (Wildman–Crippen MR) is 106 cm³/mol. The molecule has 0 atom stereocenters. The minimum Gasteiger partial charge on any atom is -0.321 e. The zero-order valence-electron chi connectivity index (χ0n) is 15.5. The van der Waals surface area contributed by atoms with Crippen LogP contribution in [0.15, 0.2) is 60.2 Å². The van der Waals surface area contributed by atoms with Gasteiger partial charge >= 0.3 is 0 Å². The monoisotopic (exact) mass is 356 g/mol. The van der Waals surface area contributed by atoms with Crippen LogP contribution < -0.4 is 5.32 Å². The smallest absolute Gasteiger partial charge is 0.266 e. The highest BCUT2D eigenvalue weighted by Gasteiger charge is 2.15. The average molecular weight is 356 g/mol. The van der Waals surface area contributed by atoms with Gasteiger partial charge in [0.25, 0.3) is 5.91 Å². The number of nitrogens with zero attached hydrogens (tertiary/aromatic N) is 3. The van der Waals surface area contributed by atoms with Gasteiger partial charge in [0.05, 0.1) is 11.4 Å². The molecule has 1 aromatic heterocycles. The van der Waals surface area contributed by atoms with Crippen molar-refractivity contribution in [3.05, 3.63) is 82.7 Å². The van der Waals surface area contributed by atoms with Crippen LogP contribution in [0.3, 0.4) is 0 Å². The molecule has 2 aromatic carbocycles. The summed E-state index contributed by atoms with van der Waals surface area (Å²) in [7, 11) is 0. The molecule has 0 spiro atoms. The highest BCUT2D eigenvalue weighted by Crippen LogP contribution is 2.21. The molecule has 1 amide bonds. The molecule has 0 saturated heterocycles. The van der Waals surface area contributed by atoms with Gasteiger partial charge in [-0.25, -0.2) is 4.68 Å². The fourth-order valence-corrected chi connectivity index (χ4v) is 2.81. The Morgan fingerprint density at radius 1 is 1.07 bits per heavy atom. The van der Waals surface area contributed by atoms with Crippen molar-refractivity contribution in [1.29, 1.82) is 5.26 Å². The van der Waals surface area contributed by atoms with E-state index in [0.29, 0.717) is 5.69 Å². The van der Waals surface area contributed by atoms with E-state index in [2.05, 4.69) is 10.4 Å². The van der Waals surface area contributed by atoms with Crippen LogP contribution in [0.5, 0.6) is 0 Å². The quantitative estimate of drug-likeness (QED) is 0.558. The number of hydrogen-bond acceptors (Lipinski definition) is 3. The van der Waals surface area contributed by atoms with Gasteiger partial charge < -0.3 is 5.32 Å². The number of hydrogen-bond donors (Lipinski definition) is 1. The fraction of sp³-hybridized carbons (Fsp3) is 0.136. The van der Waals surface area contributed by atoms with Crippen molar-refractivity contribution < 1.29 is 4.79 Å². The summed E-state index contributed by atoms with van der Waals surface area (Å²) in [6.07, 6.45) is 1.60. The van der Waals surface area contributed by atoms with Gasteiger partial charge in [0.1, 0.15) is 11.6 Å². The summed E-state index contributed by atoms with van der Waals surface area (Å²) in [6, 6.07) is 19.2. The molecule has 27 heavy (non-hydrogen) atoms. The maximum atomic E-state index is 12.5. The van der Waals surface area contributed by atoms with Gasteiger partial charge in [-0.1, -0.05) is 35.9 Å². The van der Waals surface area contributed by atoms with E-state index in [0.717, 1.165) is 28.2 Å². The van der Waals surface area contributed by atoms with Gasteiger partial charge in [-0.15, -0.1) is 0 Å². The molecule has 5 nitrogen and oxygen atoms in total. The van der Waals surface area contributed by atoms with Crippen LogP contribution in [0.1, 0.15) is 22.5 Å². The third-order valence-corrected chi connectivity index (χ3v) is 4.31. The zero-order valence-corrected chi connectivity index (χ0v) is 15.5. The SMILES string of the molecule is Cc1ccc(NC(=O)/C(C#N)=C\c2c(C)nn(-c3ccccc3)c2C)cc1. The number of carbonyl (C=O) groups excluding carboxylic acids is 1. The van der Waals surface area contributed by atoms with E-state index >= 15 is 0 Å². The molecule has 1 N–H and O–H groups in total. The number of aryl methyl sites for hydroxylation is 2. The molecule has 0 aliphatic rings. The first-order valence-corrected chi connectivity index (χ1v) is 8.61. The number of para-hydroxylation sites is 1. The van der Waals surface area contributed by atoms with Crippen molar-refractivity contribution in [2.45, 2.75) is 20.8 Å². The van der Waals surface area contributed by atoms with Crippen LogP contribution in [0.25, 0.3) is 11.8 Å². The second-order valence-electron chi connectivity index (χ2n) is 6.32. The van der Waals surface area contributed by atoms with Gasteiger partial charge in [-0.2, -0.15) is 10.4 Å². The van der Waals surface area contributed by atoms with E-state index in [1.807, 2.05) is 86.1 Å². The number of amides is 1. The summed E-state index contributed by atoms with van der Waals surface area (Å²) in [5, 5.41) is 16.8. The lowest BCUT2D eigenvalue weighted by Gasteiger charge is -2.05. The Balaban J connectivity index is 1.92. The van der Waals surface area contributed by atoms with Gasteiger partial charge in [0.2, 0.25) is 0 Å². The maximum Gasteiger partial charge on any atom is 0.266 e. The number of anilines is 1. The summed E-state index contributed by atoms with van der Waals surface area (Å²) in [6.45, 7) is 5.76. The Bertz CT molecular complexity index is 1040. The molecule has 0 aliphatic carbocycles. The van der Waals surface area contributed by atoms with E-state index < -0.39 is 5.91 Å². The lowest BCUT2D eigenvalue weighted by atomic mass is 10.1. The second kappa shape index (κ2) is 7.71. The molecule has 5 heteroatoms. The summed E-state index contributed by atoms with van der Waals surface area (Å²) in [4.78, 5) is 12.5. The number of rotatable bonds is 4. The Labute approximate surface area is 158 Å². The summed E-state index contributed by atoms with van der Waals surface area (Å²) < 4.78 is 1.81. The summed E-state index contributed by atoms with van der Waals surface area (Å²) in [5.41, 5.74) is 5.12. The van der Waals surface area contributed by atoms with Crippen molar-refractivity contribution >= 4 is 17.7 Å². The van der Waals surface area contributed by atoms with Crippen molar-refractivity contribution in [3.63, 3.8) is 0 Å². The van der Waals surface area contributed by atoms with Gasteiger partial charge in [0.15, 0.2) is 0 Å². The number of nitriles is 1. The highest BCUT2D eigenvalue weighted by atomic mass is 16.1. The van der Waals surface area contributed by atoms with Crippen LogP contribution in [0, 0.1) is 32.1 Å². The lowest BCUT2D eigenvalue weighted by molar-refractivity contribution is -0.112. The Kier molecular flexibility index (Phi) is 5.18. The summed E-state index contributed by atoms with van der Waals surface area (Å²) in [5.74, 6) is -0.437. The van der Waals surface area contributed by atoms with Crippen LogP contribution in [-0.4, -0.2) is 15.7 Å². The molecular formula is C22H20N4O. The largest absolute Gasteiger partial charge is 0.321 e. The number of carbonyl (C=O) groups is 1. The first kappa shape index (κ1) is 18.2. The van der Waals surface area contributed by atoms with Crippen LogP contribution in [-0.2, 0) is 4.79 Å². The lowest BCUT2D eigenvalue weighted by Crippen LogP contribution is -2.13. The number of aromatic nitrogens is 2. The first-order valence-electron chi connectivity index (χ1n) is 8.61. The summed E-state index contributed by atoms with van der Waals surface area (Å²) >= 11 is 0. The third kappa shape index (κ3) is 3.96. The van der Waals surface area contributed by atoms with E-state index in [-0.39, 0.29) is 5.57 Å². The van der Waals surface area contributed by atoms with Gasteiger partial charge in [-0.3, -0.25) is 4.79 Å². The molecule has 0 saturated carbocycles. The van der Waals surface area contributed by atoms with Crippen LogP contribution in [0.2, 0.25) is 0 Å². The van der Waals surface area contributed by atoms with E-state index in [1.54, 1.807) is 6.08 Å². The molecule has 0 radical (unpaired) electrons. The topological polar surface area (TPSA) is 70.7 Å². The Morgan fingerprint density at radius 2 is 1.74 bits per heavy atom. The Morgan fingerprint density at radius 3 is 2.37 bits per heavy atom. The fourth-order valence-electron chi connectivity index (χ4n) is 2.81. The molecule has 0 fully saturated rings. The number of nitrogens with one attached hydrogen (secondary N) is 1. The van der Waals surface area contributed by atoms with Crippen molar-refractivity contribution in [2.75, 3.05) is 5.32 Å². The molecule has 1 heterocycles. The van der Waals surface area contributed by atoms with E-state index in [1.165, 1.54) is 0 Å². The molecule has 3 rings (SSSR count). The second-order valence-corrected chi connectivity index (χ2v) is 6.32. The Hall–Kier alpha value is -3.65. The minimum absolute atomic E-state index is 0.0365. The predicted octanol–water partition coefficient (Wildman–Crippen LogP) is 4.34. The number of benzene rings is 2. The van der Waals surface area contributed by atoms with Crippen molar-refractivity contribution in [1.82, 2.24) is 9.78 Å².